The predicted octanol–water partition coefficient (Wildman–Crippen LogP) is 1.08. The molecule has 1 aliphatic rings. The van der Waals surface area contributed by atoms with Crippen molar-refractivity contribution >= 4 is 28.7 Å². The molecule has 1 fully saturated rings. The maximum atomic E-state index is 12.3. The quantitative estimate of drug-likeness (QED) is 0.754. The highest BCUT2D eigenvalue weighted by molar-refractivity contribution is 8.14. The van der Waals surface area contributed by atoms with Gasteiger partial charge in [-0.05, 0) is 0 Å². The number of rotatable bonds is 6. The van der Waals surface area contributed by atoms with E-state index in [-0.39, 0.29) is 22.8 Å². The lowest BCUT2D eigenvalue weighted by atomic mass is 10.2. The summed E-state index contributed by atoms with van der Waals surface area (Å²) in [6, 6.07) is 9.02. The van der Waals surface area contributed by atoms with Crippen molar-refractivity contribution in [3.05, 3.63) is 42.1 Å². The third kappa shape index (κ3) is 4.83. The molecule has 1 aromatic heterocycles. The van der Waals surface area contributed by atoms with Crippen molar-refractivity contribution in [2.75, 3.05) is 42.4 Å². The number of ether oxygens (including phenoxy) is 1. The van der Waals surface area contributed by atoms with Crippen molar-refractivity contribution < 1.29 is 23.6 Å². The molecule has 0 spiro atoms. The molecular weight excluding hydrogens is 356 g/mol. The summed E-state index contributed by atoms with van der Waals surface area (Å²) in [5, 5.41) is 8.51. The number of nitrogens with zero attached hydrogens (tertiary/aromatic N) is 3. The first kappa shape index (κ1) is 18.4. The number of thioether (sulfide) groups is 1. The van der Waals surface area contributed by atoms with E-state index in [0.717, 1.165) is 11.8 Å². The van der Waals surface area contributed by atoms with Crippen LogP contribution in [-0.2, 0) is 9.53 Å². The third-order valence-corrected chi connectivity index (χ3v) is 5.07. The highest BCUT2D eigenvalue weighted by Gasteiger charge is 2.25. The van der Waals surface area contributed by atoms with Gasteiger partial charge in [0.1, 0.15) is 0 Å². The maximum absolute atomic E-state index is 12.3. The Morgan fingerprint density at radius 1 is 1.31 bits per heavy atom. The molecule has 8 nitrogen and oxygen atoms in total. The van der Waals surface area contributed by atoms with Crippen LogP contribution in [0.5, 0.6) is 0 Å². The van der Waals surface area contributed by atoms with Gasteiger partial charge in [0, 0.05) is 17.2 Å². The minimum Gasteiger partial charge on any atom is -0.377 e. The predicted molar refractivity (Wildman–Crippen MR) is 96.5 cm³/mol. The molecular formula is C17H21N4O4S+. The van der Waals surface area contributed by atoms with Crippen LogP contribution in [-0.4, -0.2) is 48.3 Å². The van der Waals surface area contributed by atoms with Gasteiger partial charge >= 0.3 is 5.88 Å². The van der Waals surface area contributed by atoms with E-state index >= 15 is 0 Å². The Labute approximate surface area is 155 Å². The molecule has 26 heavy (non-hydrogen) atoms. The van der Waals surface area contributed by atoms with Crippen molar-refractivity contribution in [3.63, 3.8) is 0 Å². The SMILES string of the molecule is C[C@H](CSC(=O)c1ccccc1)C(=O)Nc1c[n+](N2CCOCC2)no1. The Bertz CT molecular complexity index is 746. The van der Waals surface area contributed by atoms with Crippen molar-refractivity contribution in [3.8, 4) is 0 Å². The van der Waals surface area contributed by atoms with Gasteiger partial charge in [-0.2, -0.15) is 0 Å². The van der Waals surface area contributed by atoms with Crippen LogP contribution in [0.15, 0.2) is 41.1 Å². The second-order valence-electron chi connectivity index (χ2n) is 5.91. The Balaban J connectivity index is 1.48. The Morgan fingerprint density at radius 2 is 2.04 bits per heavy atom. The summed E-state index contributed by atoms with van der Waals surface area (Å²) < 4.78 is 10.4. The minimum absolute atomic E-state index is 0.0462. The first-order chi connectivity index (χ1) is 12.6. The van der Waals surface area contributed by atoms with Gasteiger partial charge in [0.2, 0.25) is 16.3 Å². The van der Waals surface area contributed by atoms with E-state index in [1.165, 1.54) is 0 Å². The molecule has 2 aromatic rings. The van der Waals surface area contributed by atoms with E-state index in [4.69, 9.17) is 9.26 Å². The lowest BCUT2D eigenvalue weighted by Crippen LogP contribution is -2.62. The third-order valence-electron chi connectivity index (χ3n) is 3.90. The number of hydrogen-bond donors (Lipinski definition) is 1. The average molecular weight is 377 g/mol. The summed E-state index contributed by atoms with van der Waals surface area (Å²) in [5.74, 6) is 0.0860. The van der Waals surface area contributed by atoms with E-state index < -0.39 is 0 Å². The number of carbonyl (C=O) groups is 2. The Hall–Kier alpha value is -2.39. The van der Waals surface area contributed by atoms with Crippen LogP contribution >= 0.6 is 11.8 Å². The molecule has 1 aliphatic heterocycles. The smallest absolute Gasteiger partial charge is 0.305 e. The number of morpholine rings is 1. The van der Waals surface area contributed by atoms with Crippen LogP contribution in [0, 0.1) is 5.92 Å². The number of amides is 1. The molecule has 0 aliphatic carbocycles. The summed E-state index contributed by atoms with van der Waals surface area (Å²) in [7, 11) is 0. The zero-order valence-corrected chi connectivity index (χ0v) is 15.3. The molecule has 1 saturated heterocycles. The number of benzene rings is 1. The first-order valence-corrected chi connectivity index (χ1v) is 9.36. The highest BCUT2D eigenvalue weighted by Crippen LogP contribution is 2.16. The average Bonchev–Trinajstić information content (AvgIpc) is 3.15. The molecule has 2 heterocycles. The van der Waals surface area contributed by atoms with Gasteiger partial charge in [0.05, 0.1) is 31.1 Å². The van der Waals surface area contributed by atoms with Crippen molar-refractivity contribution in [2.24, 2.45) is 5.92 Å². The molecule has 1 atom stereocenters. The van der Waals surface area contributed by atoms with E-state index in [9.17, 15) is 9.59 Å². The van der Waals surface area contributed by atoms with Gasteiger partial charge in [0.15, 0.2) is 0 Å². The van der Waals surface area contributed by atoms with Gasteiger partial charge in [-0.3, -0.25) is 19.4 Å². The normalized spacial score (nSPS) is 15.5. The highest BCUT2D eigenvalue weighted by atomic mass is 32.2. The minimum atomic E-state index is -0.352. The number of anilines is 1. The van der Waals surface area contributed by atoms with E-state index in [2.05, 4.69) is 10.6 Å². The van der Waals surface area contributed by atoms with Gasteiger partial charge < -0.3 is 4.74 Å². The first-order valence-electron chi connectivity index (χ1n) is 8.38. The van der Waals surface area contributed by atoms with Crippen molar-refractivity contribution in [1.82, 2.24) is 5.27 Å². The molecule has 0 saturated carbocycles. The second-order valence-corrected chi connectivity index (χ2v) is 6.90. The second kappa shape index (κ2) is 8.81. The van der Waals surface area contributed by atoms with Crippen molar-refractivity contribution in [2.45, 2.75) is 6.92 Å². The molecule has 0 bridgehead atoms. The molecule has 1 N–H and O–H groups in total. The Kier molecular flexibility index (Phi) is 6.24. The van der Waals surface area contributed by atoms with Crippen LogP contribution in [0.25, 0.3) is 0 Å². The Morgan fingerprint density at radius 3 is 2.77 bits per heavy atom. The molecule has 0 unspecified atom stereocenters. The maximum Gasteiger partial charge on any atom is 0.305 e. The lowest BCUT2D eigenvalue weighted by Gasteiger charge is -2.18. The number of nitrogens with one attached hydrogen (secondary N) is 1. The van der Waals surface area contributed by atoms with E-state index in [1.807, 2.05) is 23.2 Å². The van der Waals surface area contributed by atoms with Gasteiger partial charge in [-0.15, -0.1) is 5.01 Å². The van der Waals surface area contributed by atoms with E-state index in [0.29, 0.717) is 37.6 Å². The summed E-state index contributed by atoms with van der Waals surface area (Å²) in [6.45, 7) is 4.45. The molecule has 0 radical (unpaired) electrons. The van der Waals surface area contributed by atoms with Crippen molar-refractivity contribution in [1.29, 1.82) is 0 Å². The topological polar surface area (TPSA) is 88.6 Å². The zero-order chi connectivity index (χ0) is 18.4. The fourth-order valence-electron chi connectivity index (χ4n) is 2.36. The number of aromatic nitrogens is 2. The summed E-state index contributed by atoms with van der Waals surface area (Å²) in [5.41, 5.74) is 0.631. The zero-order valence-electron chi connectivity index (χ0n) is 14.5. The van der Waals surface area contributed by atoms with Crippen LogP contribution in [0.4, 0.5) is 5.88 Å². The molecule has 1 amide bonds. The largest absolute Gasteiger partial charge is 0.377 e. The summed E-state index contributed by atoms with van der Waals surface area (Å²) in [6.07, 6.45) is 1.62. The number of carbonyl (C=O) groups excluding carboxylic acids is 2. The molecule has 3 rings (SSSR count). The van der Waals surface area contributed by atoms with Gasteiger partial charge in [0.25, 0.3) is 6.20 Å². The molecule has 138 valence electrons. The van der Waals surface area contributed by atoms with Crippen LogP contribution in [0.3, 0.4) is 0 Å². The monoisotopic (exact) mass is 377 g/mol. The fraction of sp³-hybridized carbons (Fsp3) is 0.412. The molecule has 1 aromatic carbocycles. The van der Waals surface area contributed by atoms with Crippen LogP contribution in [0.1, 0.15) is 17.3 Å². The van der Waals surface area contributed by atoms with Crippen LogP contribution < -0.4 is 15.1 Å². The molecule has 9 heteroatoms. The van der Waals surface area contributed by atoms with Crippen LogP contribution in [0.2, 0.25) is 0 Å². The fourth-order valence-corrected chi connectivity index (χ4v) is 3.22. The number of hydrogen-bond acceptors (Lipinski definition) is 7. The lowest BCUT2D eigenvalue weighted by molar-refractivity contribution is -0.759. The van der Waals surface area contributed by atoms with E-state index in [1.54, 1.807) is 30.0 Å². The summed E-state index contributed by atoms with van der Waals surface area (Å²) in [4.78, 5) is 25.9. The standard InChI is InChI=1S/C17H20N4O4S/c1-13(12-26-17(23)14-5-3-2-4-6-14)16(22)18-15-11-21(19-25-15)20-7-9-24-10-8-20/h2-6,11,13H,7-10,12H2,1H3/p+1/t13-/m1/s1. The van der Waals surface area contributed by atoms with Gasteiger partial charge in [-0.25, -0.2) is 0 Å². The van der Waals surface area contributed by atoms with Gasteiger partial charge in [-0.1, -0.05) is 49.0 Å². The summed E-state index contributed by atoms with van der Waals surface area (Å²) >= 11 is 1.13.